The SMILES string of the molecule is NC1=NCCCCN1.NC1=NCCCN1.NC1=NCCN1. The van der Waals surface area contributed by atoms with Gasteiger partial charge in [0, 0.05) is 32.7 Å². The van der Waals surface area contributed by atoms with E-state index >= 15 is 0 Å². The molecule has 3 aliphatic heterocycles. The van der Waals surface area contributed by atoms with Gasteiger partial charge in [0.1, 0.15) is 0 Å². The molecule has 0 fully saturated rings. The van der Waals surface area contributed by atoms with E-state index in [4.69, 9.17) is 17.2 Å². The molecule has 0 aromatic carbocycles. The van der Waals surface area contributed by atoms with Crippen LogP contribution in [0.2, 0.25) is 0 Å². The molecule has 9 heteroatoms. The summed E-state index contributed by atoms with van der Waals surface area (Å²) in [6.07, 6.45) is 3.46. The molecule has 0 aromatic rings. The molecule has 0 saturated carbocycles. The van der Waals surface area contributed by atoms with Gasteiger partial charge in [-0.15, -0.1) is 0 Å². The van der Waals surface area contributed by atoms with E-state index in [-0.39, 0.29) is 0 Å². The molecular weight excluding hydrogens is 270 g/mol. The normalized spacial score (nSPS) is 20.3. The van der Waals surface area contributed by atoms with Gasteiger partial charge in [-0.1, -0.05) is 0 Å². The topological polar surface area (TPSA) is 151 Å². The quantitative estimate of drug-likeness (QED) is 0.301. The molecular formula is C12H27N9. The Labute approximate surface area is 125 Å². The summed E-state index contributed by atoms with van der Waals surface area (Å²) in [7, 11) is 0. The number of aliphatic imine (C=N–C) groups is 3. The Morgan fingerprint density at radius 1 is 0.571 bits per heavy atom. The van der Waals surface area contributed by atoms with Gasteiger partial charge in [-0.25, -0.2) is 0 Å². The van der Waals surface area contributed by atoms with Crippen LogP contribution in [0.15, 0.2) is 15.0 Å². The van der Waals surface area contributed by atoms with E-state index in [2.05, 4.69) is 30.9 Å². The number of guanidine groups is 3. The van der Waals surface area contributed by atoms with Gasteiger partial charge in [0.2, 0.25) is 0 Å². The molecule has 9 nitrogen and oxygen atoms in total. The van der Waals surface area contributed by atoms with Crippen LogP contribution in [-0.4, -0.2) is 57.1 Å². The molecule has 0 bridgehead atoms. The maximum absolute atomic E-state index is 5.37. The van der Waals surface area contributed by atoms with Gasteiger partial charge < -0.3 is 33.2 Å². The first-order valence-electron chi connectivity index (χ1n) is 7.30. The van der Waals surface area contributed by atoms with Crippen molar-refractivity contribution >= 4 is 17.9 Å². The van der Waals surface area contributed by atoms with Gasteiger partial charge >= 0.3 is 0 Å². The highest BCUT2D eigenvalue weighted by Crippen LogP contribution is 1.90. The van der Waals surface area contributed by atoms with Crippen LogP contribution in [-0.2, 0) is 0 Å². The molecule has 3 heterocycles. The van der Waals surface area contributed by atoms with Crippen molar-refractivity contribution < 1.29 is 0 Å². The van der Waals surface area contributed by atoms with Crippen molar-refractivity contribution in [1.82, 2.24) is 16.0 Å². The van der Waals surface area contributed by atoms with Gasteiger partial charge in [-0.2, -0.15) is 0 Å². The van der Waals surface area contributed by atoms with E-state index in [1.807, 2.05) is 0 Å². The molecule has 9 N–H and O–H groups in total. The van der Waals surface area contributed by atoms with Crippen LogP contribution >= 0.6 is 0 Å². The Bertz CT molecular complexity index is 375. The highest BCUT2D eigenvalue weighted by Gasteiger charge is 1.96. The van der Waals surface area contributed by atoms with E-state index in [0.29, 0.717) is 17.9 Å². The minimum absolute atomic E-state index is 0.579. The Morgan fingerprint density at radius 3 is 1.48 bits per heavy atom. The third-order valence-electron chi connectivity index (χ3n) is 2.80. The lowest BCUT2D eigenvalue weighted by Gasteiger charge is -2.08. The van der Waals surface area contributed by atoms with Crippen molar-refractivity contribution in [3.8, 4) is 0 Å². The molecule has 120 valence electrons. The van der Waals surface area contributed by atoms with E-state index in [9.17, 15) is 0 Å². The molecule has 0 aliphatic carbocycles. The second kappa shape index (κ2) is 10.6. The highest BCUT2D eigenvalue weighted by atomic mass is 15.1. The van der Waals surface area contributed by atoms with Gasteiger partial charge in [0.15, 0.2) is 17.9 Å². The van der Waals surface area contributed by atoms with Crippen LogP contribution in [0.1, 0.15) is 19.3 Å². The maximum Gasteiger partial charge on any atom is 0.188 e. The third-order valence-corrected chi connectivity index (χ3v) is 2.80. The average Bonchev–Trinajstić information content (AvgIpc) is 2.83. The minimum Gasteiger partial charge on any atom is -0.370 e. The monoisotopic (exact) mass is 297 g/mol. The first-order chi connectivity index (χ1) is 10.2. The van der Waals surface area contributed by atoms with Crippen molar-refractivity contribution in [2.24, 2.45) is 32.2 Å². The Morgan fingerprint density at radius 2 is 1.05 bits per heavy atom. The summed E-state index contributed by atoms with van der Waals surface area (Å²) in [5.41, 5.74) is 15.8. The summed E-state index contributed by atoms with van der Waals surface area (Å²) >= 11 is 0. The zero-order valence-electron chi connectivity index (χ0n) is 12.4. The Kier molecular flexibility index (Phi) is 8.50. The largest absolute Gasteiger partial charge is 0.370 e. The van der Waals surface area contributed by atoms with Crippen LogP contribution in [0.5, 0.6) is 0 Å². The summed E-state index contributed by atoms with van der Waals surface area (Å²) in [6, 6.07) is 0. The average molecular weight is 297 g/mol. The van der Waals surface area contributed by atoms with Gasteiger partial charge in [-0.3, -0.25) is 15.0 Å². The van der Waals surface area contributed by atoms with Crippen LogP contribution in [0.3, 0.4) is 0 Å². The number of nitrogens with two attached hydrogens (primary N) is 3. The lowest BCUT2D eigenvalue weighted by Crippen LogP contribution is -2.35. The lowest BCUT2D eigenvalue weighted by molar-refractivity contribution is 0.736. The first kappa shape index (κ1) is 16.9. The Hall–Kier alpha value is -2.19. The molecule has 0 saturated heterocycles. The zero-order valence-corrected chi connectivity index (χ0v) is 12.4. The van der Waals surface area contributed by atoms with Crippen LogP contribution in [0.25, 0.3) is 0 Å². The second-order valence-electron chi connectivity index (χ2n) is 4.64. The maximum atomic E-state index is 5.37. The van der Waals surface area contributed by atoms with Crippen molar-refractivity contribution in [3.63, 3.8) is 0 Å². The molecule has 21 heavy (non-hydrogen) atoms. The molecule has 0 atom stereocenters. The van der Waals surface area contributed by atoms with Gasteiger partial charge in [-0.05, 0) is 19.3 Å². The molecule has 0 radical (unpaired) electrons. The number of hydrogen-bond donors (Lipinski definition) is 6. The van der Waals surface area contributed by atoms with Gasteiger partial charge in [0.05, 0.1) is 6.54 Å². The summed E-state index contributed by atoms with van der Waals surface area (Å²) in [4.78, 5) is 11.7. The predicted molar refractivity (Wildman–Crippen MR) is 87.3 cm³/mol. The smallest absolute Gasteiger partial charge is 0.188 e. The fraction of sp³-hybridized carbons (Fsp3) is 0.750. The summed E-state index contributed by atoms with van der Waals surface area (Å²) < 4.78 is 0. The van der Waals surface area contributed by atoms with Gasteiger partial charge in [0.25, 0.3) is 0 Å². The van der Waals surface area contributed by atoms with E-state index < -0.39 is 0 Å². The fourth-order valence-corrected chi connectivity index (χ4v) is 1.68. The first-order valence-corrected chi connectivity index (χ1v) is 7.30. The van der Waals surface area contributed by atoms with Crippen molar-refractivity contribution in [3.05, 3.63) is 0 Å². The lowest BCUT2D eigenvalue weighted by atomic mass is 10.3. The van der Waals surface area contributed by atoms with Crippen molar-refractivity contribution in [2.45, 2.75) is 19.3 Å². The summed E-state index contributed by atoms with van der Waals surface area (Å²) in [5, 5.41) is 8.73. The minimum atomic E-state index is 0.579. The van der Waals surface area contributed by atoms with E-state index in [0.717, 1.165) is 52.1 Å². The van der Waals surface area contributed by atoms with Crippen LogP contribution < -0.4 is 33.2 Å². The molecule has 0 spiro atoms. The molecule has 3 aliphatic rings. The Balaban J connectivity index is 0.000000159. The summed E-state index contributed by atoms with van der Waals surface area (Å²) in [5.74, 6) is 1.77. The predicted octanol–water partition coefficient (Wildman–Crippen LogP) is -2.12. The summed E-state index contributed by atoms with van der Waals surface area (Å²) in [6.45, 7) is 5.49. The highest BCUT2D eigenvalue weighted by molar-refractivity contribution is 5.79. The standard InChI is InChI=1S/C5H11N3.C4H9N3.C3H7N3/c6-5-7-3-1-2-4-8-5;5-4-6-2-1-3-7-4;4-3-5-1-2-6-3/h1-4H2,(H3,6,7,8);1-3H2,(H3,5,6,7);1-2H2,(H3,4,5,6). The number of nitrogens with zero attached hydrogens (tertiary/aromatic N) is 3. The van der Waals surface area contributed by atoms with Crippen LogP contribution in [0.4, 0.5) is 0 Å². The van der Waals surface area contributed by atoms with Crippen molar-refractivity contribution in [1.29, 1.82) is 0 Å². The third kappa shape index (κ3) is 9.36. The molecule has 3 rings (SSSR count). The van der Waals surface area contributed by atoms with E-state index in [1.165, 1.54) is 6.42 Å². The fourth-order valence-electron chi connectivity index (χ4n) is 1.68. The molecule has 0 unspecified atom stereocenters. The van der Waals surface area contributed by atoms with E-state index in [1.54, 1.807) is 0 Å². The molecule has 0 amide bonds. The number of rotatable bonds is 0. The number of nitrogens with one attached hydrogen (secondary N) is 3. The molecule has 0 aromatic heterocycles. The number of hydrogen-bond acceptors (Lipinski definition) is 9. The van der Waals surface area contributed by atoms with Crippen LogP contribution in [0, 0.1) is 0 Å². The zero-order chi connectivity index (χ0) is 15.3. The second-order valence-corrected chi connectivity index (χ2v) is 4.64. The van der Waals surface area contributed by atoms with Crippen molar-refractivity contribution in [2.75, 3.05) is 39.3 Å².